The molecule has 0 fully saturated rings. The summed E-state index contributed by atoms with van der Waals surface area (Å²) < 4.78 is 10.0. The first-order valence-electron chi connectivity index (χ1n) is 10.1. The molecule has 0 aliphatic heterocycles. The Hall–Kier alpha value is -3.97. The number of rotatable bonds is 7. The van der Waals surface area contributed by atoms with Gasteiger partial charge in [-0.25, -0.2) is 4.79 Å². The van der Waals surface area contributed by atoms with Crippen LogP contribution in [0.15, 0.2) is 72.8 Å². The van der Waals surface area contributed by atoms with Gasteiger partial charge in [0.2, 0.25) is 0 Å². The number of ether oxygens (including phenoxy) is 2. The second-order valence-corrected chi connectivity index (χ2v) is 6.89. The second kappa shape index (κ2) is 10.9. The largest absolute Gasteiger partial charge is 0.465 e. The van der Waals surface area contributed by atoms with Crippen molar-refractivity contribution >= 4 is 17.8 Å². The van der Waals surface area contributed by atoms with Gasteiger partial charge in [-0.2, -0.15) is 0 Å². The molecule has 3 aromatic rings. The van der Waals surface area contributed by atoms with Crippen molar-refractivity contribution in [2.24, 2.45) is 0 Å². The predicted octanol–water partition coefficient (Wildman–Crippen LogP) is 3.75. The first kappa shape index (κ1) is 22.7. The van der Waals surface area contributed by atoms with Crippen LogP contribution in [-0.2, 0) is 16.1 Å². The predicted molar refractivity (Wildman–Crippen MR) is 120 cm³/mol. The molecule has 0 bridgehead atoms. The molecule has 0 aliphatic rings. The molecule has 0 heterocycles. The fraction of sp³-hybridized carbons (Fsp3) is 0.160. The number of amides is 2. The van der Waals surface area contributed by atoms with Gasteiger partial charge >= 0.3 is 5.97 Å². The molecule has 0 atom stereocenters. The quantitative estimate of drug-likeness (QED) is 0.438. The highest BCUT2D eigenvalue weighted by Gasteiger charge is 2.11. The Bertz CT molecular complexity index is 1070. The lowest BCUT2D eigenvalue weighted by molar-refractivity contribution is 0.0600. The number of esters is 1. The van der Waals surface area contributed by atoms with E-state index in [4.69, 9.17) is 4.74 Å². The Balaban J connectivity index is 1.56. The monoisotopic (exact) mass is 432 g/mol. The van der Waals surface area contributed by atoms with Crippen molar-refractivity contribution in [3.05, 3.63) is 95.1 Å². The van der Waals surface area contributed by atoms with E-state index in [1.54, 1.807) is 12.1 Å². The zero-order valence-corrected chi connectivity index (χ0v) is 17.9. The third-order valence-electron chi connectivity index (χ3n) is 4.76. The molecule has 0 saturated carbocycles. The van der Waals surface area contributed by atoms with Gasteiger partial charge in [0.05, 0.1) is 19.3 Å². The maximum atomic E-state index is 12.4. The minimum Gasteiger partial charge on any atom is -0.465 e. The lowest BCUT2D eigenvalue weighted by Gasteiger charge is -2.09. The van der Waals surface area contributed by atoms with Crippen molar-refractivity contribution in [1.29, 1.82) is 0 Å². The maximum absolute atomic E-state index is 12.4. The standard InChI is InChI=1S/C25H24N2O5/c1-3-32-16-17-4-6-18(7-5-17)19-8-10-20(11-9-19)23(28)26-27-24(29)21-12-14-22(15-13-21)25(30)31-2/h4-15H,3,16H2,1-2H3,(H,26,28)(H,27,29). The van der Waals surface area contributed by atoms with Gasteiger partial charge < -0.3 is 9.47 Å². The van der Waals surface area contributed by atoms with E-state index in [2.05, 4.69) is 15.6 Å². The van der Waals surface area contributed by atoms with E-state index in [0.29, 0.717) is 29.9 Å². The molecule has 0 aliphatic carbocycles. The molecule has 164 valence electrons. The van der Waals surface area contributed by atoms with Crippen molar-refractivity contribution in [3.63, 3.8) is 0 Å². The molecule has 2 N–H and O–H groups in total. The molecule has 0 saturated heterocycles. The van der Waals surface area contributed by atoms with Crippen LogP contribution in [-0.4, -0.2) is 31.5 Å². The van der Waals surface area contributed by atoms with Gasteiger partial charge in [0, 0.05) is 17.7 Å². The molecule has 0 spiro atoms. The molecular weight excluding hydrogens is 408 g/mol. The van der Waals surface area contributed by atoms with Crippen LogP contribution in [0.5, 0.6) is 0 Å². The van der Waals surface area contributed by atoms with E-state index >= 15 is 0 Å². The summed E-state index contributed by atoms with van der Waals surface area (Å²) in [6, 6.07) is 21.0. The van der Waals surface area contributed by atoms with Crippen LogP contribution in [0, 0.1) is 0 Å². The van der Waals surface area contributed by atoms with Crippen molar-refractivity contribution < 1.29 is 23.9 Å². The fourth-order valence-corrected chi connectivity index (χ4v) is 2.96. The lowest BCUT2D eigenvalue weighted by atomic mass is 10.0. The number of hydrogen-bond acceptors (Lipinski definition) is 5. The van der Waals surface area contributed by atoms with Crippen LogP contribution < -0.4 is 10.9 Å². The van der Waals surface area contributed by atoms with E-state index in [1.807, 2.05) is 43.3 Å². The topological polar surface area (TPSA) is 93.7 Å². The van der Waals surface area contributed by atoms with Crippen molar-refractivity contribution in [1.82, 2.24) is 10.9 Å². The Morgan fingerprint density at radius 3 is 1.59 bits per heavy atom. The first-order chi connectivity index (χ1) is 15.5. The summed E-state index contributed by atoms with van der Waals surface area (Å²) in [6.07, 6.45) is 0. The van der Waals surface area contributed by atoms with E-state index < -0.39 is 17.8 Å². The van der Waals surface area contributed by atoms with Crippen molar-refractivity contribution in [2.75, 3.05) is 13.7 Å². The van der Waals surface area contributed by atoms with Gasteiger partial charge in [-0.1, -0.05) is 36.4 Å². The van der Waals surface area contributed by atoms with Crippen molar-refractivity contribution in [3.8, 4) is 11.1 Å². The van der Waals surface area contributed by atoms with Gasteiger partial charge in [-0.05, 0) is 60.0 Å². The number of carbonyl (C=O) groups excluding carboxylic acids is 3. The number of methoxy groups -OCH3 is 1. The molecule has 32 heavy (non-hydrogen) atoms. The third-order valence-corrected chi connectivity index (χ3v) is 4.76. The van der Waals surface area contributed by atoms with Crippen LogP contribution in [0.2, 0.25) is 0 Å². The molecule has 0 radical (unpaired) electrons. The zero-order chi connectivity index (χ0) is 22.9. The summed E-state index contributed by atoms with van der Waals surface area (Å²) in [6.45, 7) is 3.21. The third kappa shape index (κ3) is 5.80. The summed E-state index contributed by atoms with van der Waals surface area (Å²) in [4.78, 5) is 36.0. The van der Waals surface area contributed by atoms with E-state index in [-0.39, 0.29) is 0 Å². The molecule has 3 rings (SSSR count). The number of nitrogens with one attached hydrogen (secondary N) is 2. The summed E-state index contributed by atoms with van der Waals surface area (Å²) in [5.41, 5.74) is 8.88. The highest BCUT2D eigenvalue weighted by Crippen LogP contribution is 2.20. The average Bonchev–Trinajstić information content (AvgIpc) is 2.85. The molecule has 0 unspecified atom stereocenters. The van der Waals surface area contributed by atoms with E-state index in [1.165, 1.54) is 31.4 Å². The highest BCUT2D eigenvalue weighted by molar-refractivity contribution is 6.00. The first-order valence-corrected chi connectivity index (χ1v) is 10.1. The second-order valence-electron chi connectivity index (χ2n) is 6.89. The Labute approximate surface area is 186 Å². The molecule has 2 amide bonds. The van der Waals surface area contributed by atoms with Gasteiger partial charge in [-0.3, -0.25) is 20.4 Å². The smallest absolute Gasteiger partial charge is 0.337 e. The summed E-state index contributed by atoms with van der Waals surface area (Å²) in [5.74, 6) is -1.43. The van der Waals surface area contributed by atoms with Crippen LogP contribution >= 0.6 is 0 Å². The average molecular weight is 432 g/mol. The molecule has 0 aromatic heterocycles. The number of carbonyl (C=O) groups is 3. The van der Waals surface area contributed by atoms with Crippen LogP contribution in [0.3, 0.4) is 0 Å². The molecule has 3 aromatic carbocycles. The summed E-state index contributed by atoms with van der Waals surface area (Å²) in [7, 11) is 1.28. The van der Waals surface area contributed by atoms with Gasteiger partial charge in [0.25, 0.3) is 11.8 Å². The minimum atomic E-state index is -0.501. The van der Waals surface area contributed by atoms with Crippen LogP contribution in [0.4, 0.5) is 0 Å². The highest BCUT2D eigenvalue weighted by atomic mass is 16.5. The van der Waals surface area contributed by atoms with Gasteiger partial charge in [-0.15, -0.1) is 0 Å². The zero-order valence-electron chi connectivity index (χ0n) is 17.9. The lowest BCUT2D eigenvalue weighted by Crippen LogP contribution is -2.41. The Morgan fingerprint density at radius 1 is 0.688 bits per heavy atom. The minimum absolute atomic E-state index is 0.293. The normalized spacial score (nSPS) is 10.3. The van der Waals surface area contributed by atoms with E-state index in [9.17, 15) is 14.4 Å². The SMILES string of the molecule is CCOCc1ccc(-c2ccc(C(=O)NNC(=O)c3ccc(C(=O)OC)cc3)cc2)cc1. The van der Waals surface area contributed by atoms with Gasteiger partial charge in [0.15, 0.2) is 0 Å². The Kier molecular flexibility index (Phi) is 7.72. The van der Waals surface area contributed by atoms with E-state index in [0.717, 1.165) is 16.7 Å². The van der Waals surface area contributed by atoms with Gasteiger partial charge in [0.1, 0.15) is 0 Å². The molecule has 7 nitrogen and oxygen atoms in total. The number of hydrogen-bond donors (Lipinski definition) is 2. The van der Waals surface area contributed by atoms with Crippen LogP contribution in [0.1, 0.15) is 43.6 Å². The van der Waals surface area contributed by atoms with Crippen molar-refractivity contribution in [2.45, 2.75) is 13.5 Å². The number of hydrazine groups is 1. The van der Waals surface area contributed by atoms with Crippen LogP contribution in [0.25, 0.3) is 11.1 Å². The fourth-order valence-electron chi connectivity index (χ4n) is 2.96. The molecule has 7 heteroatoms. The summed E-state index contributed by atoms with van der Waals surface area (Å²) >= 11 is 0. The maximum Gasteiger partial charge on any atom is 0.337 e. The summed E-state index contributed by atoms with van der Waals surface area (Å²) in [5, 5.41) is 0. The number of benzene rings is 3. The molecular formula is C25H24N2O5. The Morgan fingerprint density at radius 2 is 1.12 bits per heavy atom.